The molecule has 0 saturated heterocycles. The minimum absolute atomic E-state index is 0.710. The fourth-order valence-electron chi connectivity index (χ4n) is 2.27. The third-order valence-corrected chi connectivity index (χ3v) is 3.43. The van der Waals surface area contributed by atoms with E-state index >= 15 is 0 Å². The van der Waals surface area contributed by atoms with Crippen molar-refractivity contribution in [3.8, 4) is 0 Å². The van der Waals surface area contributed by atoms with Crippen LogP contribution in [-0.2, 0) is 13.0 Å². The Kier molecular flexibility index (Phi) is 2.05. The molecule has 1 aromatic rings. The molecule has 2 heterocycles. The highest BCUT2D eigenvalue weighted by Crippen LogP contribution is 2.31. The maximum Gasteiger partial charge on any atom is 0.0670 e. The fourth-order valence-corrected chi connectivity index (χ4v) is 2.27. The summed E-state index contributed by atoms with van der Waals surface area (Å²) in [5.74, 6) is 0. The smallest absolute Gasteiger partial charge is 0.0670 e. The first kappa shape index (κ1) is 8.48. The molecule has 3 rings (SSSR count). The molecular weight excluding hydrogens is 174 g/mol. The summed E-state index contributed by atoms with van der Waals surface area (Å²) in [7, 11) is 0. The van der Waals surface area contributed by atoms with Crippen LogP contribution in [0.1, 0.15) is 43.0 Å². The van der Waals surface area contributed by atoms with Gasteiger partial charge in [-0.15, -0.1) is 0 Å². The van der Waals surface area contributed by atoms with E-state index in [4.69, 9.17) is 5.10 Å². The molecule has 2 aliphatic rings. The van der Waals surface area contributed by atoms with E-state index in [1.165, 1.54) is 36.9 Å². The van der Waals surface area contributed by atoms with Crippen molar-refractivity contribution in [3.63, 3.8) is 0 Å². The molecule has 1 aromatic heterocycles. The summed E-state index contributed by atoms with van der Waals surface area (Å²) in [4.78, 5) is 0. The summed E-state index contributed by atoms with van der Waals surface area (Å²) in [6, 6.07) is 0.710. The predicted octanol–water partition coefficient (Wildman–Crippen LogP) is 1.64. The average Bonchev–Trinajstić information content (AvgIpc) is 2.34. The normalized spacial score (nSPS) is 22.6. The van der Waals surface area contributed by atoms with Gasteiger partial charge in [0.1, 0.15) is 0 Å². The number of rotatable bonds is 1. The summed E-state index contributed by atoms with van der Waals surface area (Å²) in [6.45, 7) is 2.15. The van der Waals surface area contributed by atoms with Crippen molar-refractivity contribution >= 4 is 0 Å². The van der Waals surface area contributed by atoms with E-state index in [2.05, 4.69) is 16.2 Å². The van der Waals surface area contributed by atoms with Crippen LogP contribution in [-0.4, -0.2) is 16.3 Å². The number of hydrogen-bond donors (Lipinski definition) is 1. The van der Waals surface area contributed by atoms with Gasteiger partial charge in [0.25, 0.3) is 0 Å². The number of fused-ring (bicyclic) bond motifs is 1. The Morgan fingerprint density at radius 1 is 1.36 bits per heavy atom. The highest BCUT2D eigenvalue weighted by molar-refractivity contribution is 5.18. The number of hydrogen-bond acceptors (Lipinski definition) is 2. The maximum absolute atomic E-state index is 4.71. The predicted molar refractivity (Wildman–Crippen MR) is 55.1 cm³/mol. The van der Waals surface area contributed by atoms with Crippen LogP contribution >= 0.6 is 0 Å². The quantitative estimate of drug-likeness (QED) is 0.731. The first-order valence-electron chi connectivity index (χ1n) is 5.71. The molecule has 0 amide bonds. The second-order valence-corrected chi connectivity index (χ2v) is 4.45. The van der Waals surface area contributed by atoms with E-state index < -0.39 is 0 Å². The Hall–Kier alpha value is -0.830. The molecule has 0 radical (unpaired) electrons. The van der Waals surface area contributed by atoms with Crippen molar-refractivity contribution in [3.05, 3.63) is 17.5 Å². The summed E-state index contributed by atoms with van der Waals surface area (Å²) < 4.78 is 2.21. The number of nitrogens with zero attached hydrogens (tertiary/aromatic N) is 2. The molecule has 1 fully saturated rings. The topological polar surface area (TPSA) is 29.9 Å². The molecule has 0 spiro atoms. The Bertz CT molecular complexity index is 302. The van der Waals surface area contributed by atoms with Gasteiger partial charge in [-0.2, -0.15) is 5.10 Å². The molecule has 3 nitrogen and oxygen atoms in total. The van der Waals surface area contributed by atoms with E-state index in [1.807, 2.05) is 0 Å². The third-order valence-electron chi connectivity index (χ3n) is 3.43. The summed E-state index contributed by atoms with van der Waals surface area (Å²) in [6.07, 6.45) is 8.68. The Morgan fingerprint density at radius 3 is 3.07 bits per heavy atom. The van der Waals surface area contributed by atoms with Gasteiger partial charge in [-0.1, -0.05) is 0 Å². The first-order chi connectivity index (χ1) is 6.93. The van der Waals surface area contributed by atoms with E-state index in [0.29, 0.717) is 6.04 Å². The van der Waals surface area contributed by atoms with E-state index in [0.717, 1.165) is 19.5 Å². The maximum atomic E-state index is 4.71. The fraction of sp³-hybridized carbons (Fsp3) is 0.727. The minimum Gasteiger partial charge on any atom is -0.313 e. The molecule has 0 aromatic carbocycles. The monoisotopic (exact) mass is 191 g/mol. The summed E-state index contributed by atoms with van der Waals surface area (Å²) in [5, 5.41) is 8.15. The zero-order chi connectivity index (χ0) is 9.38. The lowest BCUT2D eigenvalue weighted by molar-refractivity contribution is 0.287. The van der Waals surface area contributed by atoms with E-state index in [1.54, 1.807) is 0 Å². The Balaban J connectivity index is 1.86. The Labute approximate surface area is 84.5 Å². The van der Waals surface area contributed by atoms with Crippen molar-refractivity contribution in [2.45, 2.75) is 44.7 Å². The van der Waals surface area contributed by atoms with Crippen molar-refractivity contribution in [1.29, 1.82) is 0 Å². The SMILES string of the molecule is c1c2c(nn1C1CCC1)CCCNC2. The molecule has 0 atom stereocenters. The highest BCUT2D eigenvalue weighted by atomic mass is 15.3. The van der Waals surface area contributed by atoms with E-state index in [-0.39, 0.29) is 0 Å². The van der Waals surface area contributed by atoms with Gasteiger partial charge in [0.15, 0.2) is 0 Å². The summed E-state index contributed by atoms with van der Waals surface area (Å²) >= 11 is 0. The minimum atomic E-state index is 0.710. The van der Waals surface area contributed by atoms with Crippen molar-refractivity contribution in [1.82, 2.24) is 15.1 Å². The van der Waals surface area contributed by atoms with Crippen LogP contribution in [0.15, 0.2) is 6.20 Å². The lowest BCUT2D eigenvalue weighted by atomic mass is 9.93. The van der Waals surface area contributed by atoms with Gasteiger partial charge >= 0.3 is 0 Å². The van der Waals surface area contributed by atoms with Gasteiger partial charge in [0, 0.05) is 18.3 Å². The van der Waals surface area contributed by atoms with Gasteiger partial charge < -0.3 is 5.32 Å². The van der Waals surface area contributed by atoms with Gasteiger partial charge in [-0.25, -0.2) is 0 Å². The van der Waals surface area contributed by atoms with Gasteiger partial charge in [-0.05, 0) is 38.6 Å². The molecular formula is C11H17N3. The standard InChI is InChI=1S/C11H17N3/c1-3-10(4-1)14-8-9-7-12-6-2-5-11(9)13-14/h8,10,12H,1-7H2. The molecule has 3 heteroatoms. The molecule has 14 heavy (non-hydrogen) atoms. The van der Waals surface area contributed by atoms with Crippen molar-refractivity contribution in [2.24, 2.45) is 0 Å². The zero-order valence-electron chi connectivity index (χ0n) is 8.50. The second-order valence-electron chi connectivity index (χ2n) is 4.45. The van der Waals surface area contributed by atoms with Gasteiger partial charge in [0.2, 0.25) is 0 Å². The van der Waals surface area contributed by atoms with Crippen LogP contribution < -0.4 is 5.32 Å². The highest BCUT2D eigenvalue weighted by Gasteiger charge is 2.22. The first-order valence-corrected chi connectivity index (χ1v) is 5.71. The molecule has 0 bridgehead atoms. The van der Waals surface area contributed by atoms with Crippen LogP contribution in [0.2, 0.25) is 0 Å². The second kappa shape index (κ2) is 3.39. The van der Waals surface area contributed by atoms with Crippen molar-refractivity contribution in [2.75, 3.05) is 6.54 Å². The van der Waals surface area contributed by atoms with Crippen LogP contribution in [0, 0.1) is 0 Å². The van der Waals surface area contributed by atoms with Gasteiger partial charge in [-0.3, -0.25) is 4.68 Å². The molecule has 1 aliphatic carbocycles. The summed E-state index contributed by atoms with van der Waals surface area (Å²) in [5.41, 5.74) is 2.76. The molecule has 0 unspecified atom stereocenters. The van der Waals surface area contributed by atoms with Crippen LogP contribution in [0.4, 0.5) is 0 Å². The van der Waals surface area contributed by atoms with Gasteiger partial charge in [0.05, 0.1) is 11.7 Å². The Morgan fingerprint density at radius 2 is 2.29 bits per heavy atom. The lowest BCUT2D eigenvalue weighted by Crippen LogP contribution is -2.18. The lowest BCUT2D eigenvalue weighted by Gasteiger charge is -2.25. The molecule has 1 aliphatic heterocycles. The number of aromatic nitrogens is 2. The van der Waals surface area contributed by atoms with Crippen LogP contribution in [0.5, 0.6) is 0 Å². The molecule has 1 N–H and O–H groups in total. The third kappa shape index (κ3) is 1.36. The average molecular weight is 191 g/mol. The number of aryl methyl sites for hydroxylation is 1. The van der Waals surface area contributed by atoms with Crippen molar-refractivity contribution < 1.29 is 0 Å². The van der Waals surface area contributed by atoms with Crippen LogP contribution in [0.3, 0.4) is 0 Å². The largest absolute Gasteiger partial charge is 0.313 e. The zero-order valence-corrected chi connectivity index (χ0v) is 8.50. The molecule has 1 saturated carbocycles. The van der Waals surface area contributed by atoms with Crippen LogP contribution in [0.25, 0.3) is 0 Å². The number of nitrogens with one attached hydrogen (secondary N) is 1. The molecule has 76 valence electrons. The van der Waals surface area contributed by atoms with E-state index in [9.17, 15) is 0 Å².